The van der Waals surface area contributed by atoms with Crippen LogP contribution < -0.4 is 0 Å². The average molecular weight is 203 g/mol. The van der Waals surface area contributed by atoms with E-state index in [0.29, 0.717) is 25.6 Å². The molecule has 1 N–H and O–H groups in total. The van der Waals surface area contributed by atoms with Gasteiger partial charge in [-0.25, -0.2) is 0 Å². The summed E-state index contributed by atoms with van der Waals surface area (Å²) in [4.78, 5) is 12.6. The molecule has 0 rings (SSSR count). The fraction of sp³-hybridized carbons (Fsp3) is 0.900. The van der Waals surface area contributed by atoms with Crippen molar-refractivity contribution in [2.24, 2.45) is 5.92 Å². The first-order valence-corrected chi connectivity index (χ1v) is 5.02. The van der Waals surface area contributed by atoms with Gasteiger partial charge in [0.1, 0.15) is 6.61 Å². The number of carbonyl (C=O) groups is 1. The SMILES string of the molecule is CC(=O)OCCN(CCO)CC(C)C. The van der Waals surface area contributed by atoms with Crippen molar-refractivity contribution in [1.29, 1.82) is 0 Å². The summed E-state index contributed by atoms with van der Waals surface area (Å²) >= 11 is 0. The zero-order valence-electron chi connectivity index (χ0n) is 9.32. The number of hydrogen-bond acceptors (Lipinski definition) is 4. The molecule has 0 aliphatic carbocycles. The maximum absolute atomic E-state index is 10.5. The van der Waals surface area contributed by atoms with Gasteiger partial charge >= 0.3 is 5.97 Å². The summed E-state index contributed by atoms with van der Waals surface area (Å²) in [6, 6.07) is 0. The lowest BCUT2D eigenvalue weighted by molar-refractivity contribution is -0.141. The minimum Gasteiger partial charge on any atom is -0.465 e. The fourth-order valence-corrected chi connectivity index (χ4v) is 1.27. The predicted octanol–water partition coefficient (Wildman–Crippen LogP) is 0.500. The Bertz CT molecular complexity index is 159. The van der Waals surface area contributed by atoms with Gasteiger partial charge in [-0.05, 0) is 5.92 Å². The summed E-state index contributed by atoms with van der Waals surface area (Å²) in [6.45, 7) is 8.44. The Hall–Kier alpha value is -0.610. The van der Waals surface area contributed by atoms with Crippen LogP contribution in [0.1, 0.15) is 20.8 Å². The van der Waals surface area contributed by atoms with Crippen LogP contribution in [0, 0.1) is 5.92 Å². The highest BCUT2D eigenvalue weighted by Crippen LogP contribution is 1.97. The van der Waals surface area contributed by atoms with Gasteiger partial charge in [0.25, 0.3) is 0 Å². The number of nitrogens with zero attached hydrogens (tertiary/aromatic N) is 1. The molecule has 0 spiro atoms. The van der Waals surface area contributed by atoms with Gasteiger partial charge in [0.15, 0.2) is 0 Å². The molecule has 0 aromatic rings. The van der Waals surface area contributed by atoms with E-state index in [9.17, 15) is 4.79 Å². The second-order valence-electron chi connectivity index (χ2n) is 3.76. The zero-order chi connectivity index (χ0) is 11.0. The molecule has 84 valence electrons. The summed E-state index contributed by atoms with van der Waals surface area (Å²) in [5.74, 6) is 0.303. The van der Waals surface area contributed by atoms with Crippen LogP contribution in [0.4, 0.5) is 0 Å². The number of aliphatic hydroxyl groups excluding tert-OH is 1. The van der Waals surface area contributed by atoms with E-state index in [0.717, 1.165) is 6.54 Å². The lowest BCUT2D eigenvalue weighted by Gasteiger charge is -2.22. The van der Waals surface area contributed by atoms with Gasteiger partial charge in [-0.1, -0.05) is 13.8 Å². The largest absolute Gasteiger partial charge is 0.465 e. The normalized spacial score (nSPS) is 11.0. The second kappa shape index (κ2) is 7.76. The summed E-state index contributed by atoms with van der Waals surface area (Å²) in [5, 5.41) is 8.81. The van der Waals surface area contributed by atoms with Gasteiger partial charge in [0.05, 0.1) is 6.61 Å². The molecule has 4 nitrogen and oxygen atoms in total. The van der Waals surface area contributed by atoms with Gasteiger partial charge < -0.3 is 9.84 Å². The molecule has 0 aliphatic rings. The molecule has 0 fully saturated rings. The van der Waals surface area contributed by atoms with Crippen molar-refractivity contribution in [1.82, 2.24) is 4.90 Å². The van der Waals surface area contributed by atoms with Crippen molar-refractivity contribution >= 4 is 5.97 Å². The van der Waals surface area contributed by atoms with Crippen molar-refractivity contribution in [3.05, 3.63) is 0 Å². The number of esters is 1. The average Bonchev–Trinajstić information content (AvgIpc) is 2.02. The standard InChI is InChI=1S/C10H21NO3/c1-9(2)8-11(4-6-12)5-7-14-10(3)13/h9,12H,4-8H2,1-3H3. The highest BCUT2D eigenvalue weighted by molar-refractivity contribution is 5.65. The molecule has 0 saturated carbocycles. The Morgan fingerprint density at radius 3 is 2.50 bits per heavy atom. The van der Waals surface area contributed by atoms with Crippen LogP contribution in [-0.2, 0) is 9.53 Å². The third-order valence-corrected chi connectivity index (χ3v) is 1.75. The molecule has 14 heavy (non-hydrogen) atoms. The number of hydrogen-bond donors (Lipinski definition) is 1. The van der Waals surface area contributed by atoms with E-state index in [1.54, 1.807) is 0 Å². The van der Waals surface area contributed by atoms with Gasteiger partial charge in [-0.15, -0.1) is 0 Å². The summed E-state index contributed by atoms with van der Waals surface area (Å²) in [7, 11) is 0. The van der Waals surface area contributed by atoms with Gasteiger partial charge in [-0.2, -0.15) is 0 Å². The maximum Gasteiger partial charge on any atom is 0.302 e. The summed E-state index contributed by atoms with van der Waals surface area (Å²) in [5.41, 5.74) is 0. The van der Waals surface area contributed by atoms with Crippen LogP contribution in [0.15, 0.2) is 0 Å². The smallest absolute Gasteiger partial charge is 0.302 e. The third-order valence-electron chi connectivity index (χ3n) is 1.75. The van der Waals surface area contributed by atoms with Crippen molar-refractivity contribution in [2.75, 3.05) is 32.8 Å². The third kappa shape index (κ3) is 8.01. The van der Waals surface area contributed by atoms with Crippen LogP contribution in [0.2, 0.25) is 0 Å². The van der Waals surface area contributed by atoms with Gasteiger partial charge in [-0.3, -0.25) is 9.69 Å². The maximum atomic E-state index is 10.5. The van der Waals surface area contributed by atoms with Crippen LogP contribution in [0.25, 0.3) is 0 Å². The minimum atomic E-state index is -0.251. The van der Waals surface area contributed by atoms with E-state index in [1.807, 2.05) is 0 Å². The summed E-state index contributed by atoms with van der Waals surface area (Å²) in [6.07, 6.45) is 0. The van der Waals surface area contributed by atoms with E-state index in [4.69, 9.17) is 9.84 Å². The molecule has 0 radical (unpaired) electrons. The molecule has 0 atom stereocenters. The van der Waals surface area contributed by atoms with Crippen molar-refractivity contribution in [2.45, 2.75) is 20.8 Å². The predicted molar refractivity (Wildman–Crippen MR) is 55.0 cm³/mol. The molecule has 0 aromatic carbocycles. The molecule has 0 saturated heterocycles. The van der Waals surface area contributed by atoms with Crippen LogP contribution in [0.5, 0.6) is 0 Å². The fourth-order valence-electron chi connectivity index (χ4n) is 1.27. The van der Waals surface area contributed by atoms with Crippen LogP contribution in [-0.4, -0.2) is 48.8 Å². The quantitative estimate of drug-likeness (QED) is 0.612. The molecule has 0 heterocycles. The molecule has 0 bridgehead atoms. The van der Waals surface area contributed by atoms with E-state index in [1.165, 1.54) is 6.92 Å². The van der Waals surface area contributed by atoms with E-state index in [-0.39, 0.29) is 12.6 Å². The van der Waals surface area contributed by atoms with E-state index >= 15 is 0 Å². The summed E-state index contributed by atoms with van der Waals surface area (Å²) < 4.78 is 4.84. The Kier molecular flexibility index (Phi) is 7.42. The van der Waals surface area contributed by atoms with Crippen molar-refractivity contribution < 1.29 is 14.6 Å². The lowest BCUT2D eigenvalue weighted by Crippen LogP contribution is -2.33. The first kappa shape index (κ1) is 13.4. The van der Waals surface area contributed by atoms with E-state index in [2.05, 4.69) is 18.7 Å². The number of carbonyl (C=O) groups excluding carboxylic acids is 1. The van der Waals surface area contributed by atoms with Gasteiger partial charge in [0.2, 0.25) is 0 Å². The highest BCUT2D eigenvalue weighted by Gasteiger charge is 2.06. The number of aliphatic hydroxyl groups is 1. The number of ether oxygens (including phenoxy) is 1. The first-order chi connectivity index (χ1) is 6.56. The van der Waals surface area contributed by atoms with Crippen LogP contribution >= 0.6 is 0 Å². The Balaban J connectivity index is 3.66. The monoisotopic (exact) mass is 203 g/mol. The number of rotatable bonds is 7. The molecule has 0 unspecified atom stereocenters. The van der Waals surface area contributed by atoms with Crippen molar-refractivity contribution in [3.8, 4) is 0 Å². The molecule has 0 aliphatic heterocycles. The minimum absolute atomic E-state index is 0.146. The zero-order valence-corrected chi connectivity index (χ0v) is 9.32. The topological polar surface area (TPSA) is 49.8 Å². The highest BCUT2D eigenvalue weighted by atomic mass is 16.5. The Morgan fingerprint density at radius 2 is 2.07 bits per heavy atom. The first-order valence-electron chi connectivity index (χ1n) is 5.02. The molecule has 0 amide bonds. The second-order valence-corrected chi connectivity index (χ2v) is 3.76. The molecular formula is C10H21NO3. The van der Waals surface area contributed by atoms with Crippen molar-refractivity contribution in [3.63, 3.8) is 0 Å². The lowest BCUT2D eigenvalue weighted by atomic mass is 10.2. The van der Waals surface area contributed by atoms with Crippen LogP contribution in [0.3, 0.4) is 0 Å². The van der Waals surface area contributed by atoms with Gasteiger partial charge in [0, 0.05) is 26.6 Å². The molecule has 0 aromatic heterocycles. The molecule has 4 heteroatoms. The Morgan fingerprint density at radius 1 is 1.43 bits per heavy atom. The molecular weight excluding hydrogens is 182 g/mol. The van der Waals surface area contributed by atoms with E-state index < -0.39 is 0 Å². The Labute approximate surface area is 85.9 Å².